The number of aliphatic hydroxyl groups excluding tert-OH is 1. The summed E-state index contributed by atoms with van der Waals surface area (Å²) >= 11 is 3.50. The van der Waals surface area contributed by atoms with E-state index in [4.69, 9.17) is 4.74 Å². The summed E-state index contributed by atoms with van der Waals surface area (Å²) in [6.07, 6.45) is 5.41. The summed E-state index contributed by atoms with van der Waals surface area (Å²) in [7, 11) is 0. The molecule has 3 rings (SSSR count). The number of benzene rings is 1. The molecule has 1 aromatic rings. The number of halogens is 1. The standard InChI is InChI=1S/C20H25BrO3/c1-4-13-12-14(21)8-9-15(13)16-17(22)19(2,3)24-20(18(16)23)10-6-5-7-11-20/h8-9,12,22H,4-7,10-11H2,1-3H3. The first-order chi connectivity index (χ1) is 11.3. The van der Waals surface area contributed by atoms with Gasteiger partial charge < -0.3 is 9.84 Å². The zero-order chi connectivity index (χ0) is 17.5. The smallest absolute Gasteiger partial charge is 0.198 e. The minimum atomic E-state index is -0.849. The fourth-order valence-corrected chi connectivity index (χ4v) is 4.43. The van der Waals surface area contributed by atoms with E-state index in [0.29, 0.717) is 5.57 Å². The zero-order valence-corrected chi connectivity index (χ0v) is 16.2. The molecule has 0 amide bonds. The van der Waals surface area contributed by atoms with Gasteiger partial charge in [-0.1, -0.05) is 48.2 Å². The van der Waals surface area contributed by atoms with E-state index in [2.05, 4.69) is 22.9 Å². The highest BCUT2D eigenvalue weighted by Crippen LogP contribution is 2.47. The molecule has 0 aromatic heterocycles. The zero-order valence-electron chi connectivity index (χ0n) is 14.6. The molecule has 1 fully saturated rings. The lowest BCUT2D eigenvalue weighted by Gasteiger charge is -2.46. The van der Waals surface area contributed by atoms with Crippen LogP contribution < -0.4 is 0 Å². The second-order valence-electron chi connectivity index (χ2n) is 7.38. The molecule has 1 aliphatic carbocycles. The highest BCUT2D eigenvalue weighted by molar-refractivity contribution is 9.10. The minimum Gasteiger partial charge on any atom is -0.508 e. The number of ketones is 1. The number of ether oxygens (including phenoxy) is 1. The summed E-state index contributed by atoms with van der Waals surface area (Å²) in [5.41, 5.74) is 0.727. The van der Waals surface area contributed by atoms with E-state index in [1.807, 2.05) is 32.0 Å². The van der Waals surface area contributed by atoms with Gasteiger partial charge in [-0.05, 0) is 56.4 Å². The van der Waals surface area contributed by atoms with Crippen LogP contribution in [0.1, 0.15) is 64.0 Å². The molecule has 0 saturated heterocycles. The van der Waals surface area contributed by atoms with Crippen molar-refractivity contribution in [1.82, 2.24) is 0 Å². The molecule has 2 aliphatic rings. The van der Waals surface area contributed by atoms with Gasteiger partial charge in [0.15, 0.2) is 5.78 Å². The maximum atomic E-state index is 13.4. The van der Waals surface area contributed by atoms with Crippen molar-refractivity contribution >= 4 is 27.3 Å². The van der Waals surface area contributed by atoms with Gasteiger partial charge in [0.2, 0.25) is 0 Å². The lowest BCUT2D eigenvalue weighted by Crippen LogP contribution is -2.54. The number of aryl methyl sites for hydroxylation is 1. The Morgan fingerprint density at radius 3 is 2.50 bits per heavy atom. The average Bonchev–Trinajstić information content (AvgIpc) is 2.55. The number of carbonyl (C=O) groups excluding carboxylic acids is 1. The molecule has 1 heterocycles. The quantitative estimate of drug-likeness (QED) is 0.736. The monoisotopic (exact) mass is 392 g/mol. The van der Waals surface area contributed by atoms with Gasteiger partial charge in [0, 0.05) is 4.47 Å². The second-order valence-corrected chi connectivity index (χ2v) is 8.29. The number of hydrogen-bond donors (Lipinski definition) is 1. The maximum absolute atomic E-state index is 13.4. The van der Waals surface area contributed by atoms with Crippen LogP contribution in [0.3, 0.4) is 0 Å². The highest BCUT2D eigenvalue weighted by Gasteiger charge is 2.52. The molecule has 1 N–H and O–H groups in total. The summed E-state index contributed by atoms with van der Waals surface area (Å²) < 4.78 is 7.19. The van der Waals surface area contributed by atoms with Crippen LogP contribution in [0.4, 0.5) is 0 Å². The summed E-state index contributed by atoms with van der Waals surface area (Å²) in [4.78, 5) is 13.4. The third kappa shape index (κ3) is 2.84. The Kier molecular flexibility index (Phi) is 4.65. The summed E-state index contributed by atoms with van der Waals surface area (Å²) in [6, 6.07) is 5.89. The van der Waals surface area contributed by atoms with E-state index in [-0.39, 0.29) is 11.5 Å². The van der Waals surface area contributed by atoms with Gasteiger partial charge in [-0.25, -0.2) is 0 Å². The van der Waals surface area contributed by atoms with Crippen LogP contribution in [-0.4, -0.2) is 22.1 Å². The fraction of sp³-hybridized carbons (Fsp3) is 0.550. The van der Waals surface area contributed by atoms with Crippen molar-refractivity contribution < 1.29 is 14.6 Å². The molecule has 0 radical (unpaired) electrons. The van der Waals surface area contributed by atoms with E-state index >= 15 is 0 Å². The number of rotatable bonds is 2. The molecule has 0 bridgehead atoms. The number of aliphatic hydroxyl groups is 1. The van der Waals surface area contributed by atoms with E-state index in [9.17, 15) is 9.90 Å². The van der Waals surface area contributed by atoms with Crippen LogP contribution in [0, 0.1) is 0 Å². The Morgan fingerprint density at radius 1 is 1.21 bits per heavy atom. The molecule has 1 aliphatic heterocycles. The second kappa shape index (κ2) is 6.30. The van der Waals surface area contributed by atoms with Gasteiger partial charge in [0.1, 0.15) is 17.0 Å². The van der Waals surface area contributed by atoms with Crippen LogP contribution in [0.2, 0.25) is 0 Å². The Labute approximate surface area is 152 Å². The van der Waals surface area contributed by atoms with Gasteiger partial charge in [-0.2, -0.15) is 0 Å². The number of carbonyl (C=O) groups is 1. The summed E-state index contributed by atoms with van der Waals surface area (Å²) in [5, 5.41) is 10.8. The van der Waals surface area contributed by atoms with Gasteiger partial charge in [-0.15, -0.1) is 0 Å². The van der Waals surface area contributed by atoms with E-state index in [1.54, 1.807) is 0 Å². The van der Waals surface area contributed by atoms with Crippen molar-refractivity contribution in [1.29, 1.82) is 0 Å². The van der Waals surface area contributed by atoms with Crippen LogP contribution in [-0.2, 0) is 16.0 Å². The third-order valence-corrected chi connectivity index (χ3v) is 5.77. The lowest BCUT2D eigenvalue weighted by molar-refractivity contribution is -0.174. The SMILES string of the molecule is CCc1cc(Br)ccc1C1=C(O)C(C)(C)OC2(CCCCC2)C1=O. The molecule has 1 spiro atoms. The molecule has 1 saturated carbocycles. The lowest BCUT2D eigenvalue weighted by atomic mass is 9.73. The molecule has 4 heteroatoms. The molecule has 3 nitrogen and oxygen atoms in total. The molecule has 0 unspecified atom stereocenters. The molecule has 0 atom stereocenters. The van der Waals surface area contributed by atoms with Gasteiger partial charge in [0.25, 0.3) is 0 Å². The average molecular weight is 393 g/mol. The predicted octanol–water partition coefficient (Wildman–Crippen LogP) is 5.36. The van der Waals surface area contributed by atoms with Crippen molar-refractivity contribution in [3.8, 4) is 0 Å². The minimum absolute atomic E-state index is 0.0453. The Hall–Kier alpha value is -1.13. The van der Waals surface area contributed by atoms with Crippen molar-refractivity contribution in [2.75, 3.05) is 0 Å². The molecule has 24 heavy (non-hydrogen) atoms. The van der Waals surface area contributed by atoms with Crippen molar-refractivity contribution in [2.24, 2.45) is 0 Å². The number of Topliss-reactive ketones (excluding diaryl/α,β-unsaturated/α-hetero) is 1. The van der Waals surface area contributed by atoms with Crippen molar-refractivity contribution in [2.45, 2.75) is 70.5 Å². The normalized spacial score (nSPS) is 22.9. The van der Waals surface area contributed by atoms with E-state index < -0.39 is 11.2 Å². The summed E-state index contributed by atoms with van der Waals surface area (Å²) in [6.45, 7) is 5.78. The van der Waals surface area contributed by atoms with Gasteiger partial charge >= 0.3 is 0 Å². The van der Waals surface area contributed by atoms with Crippen LogP contribution in [0.5, 0.6) is 0 Å². The van der Waals surface area contributed by atoms with Crippen LogP contribution >= 0.6 is 15.9 Å². The Bertz CT molecular complexity index is 697. The highest BCUT2D eigenvalue weighted by atomic mass is 79.9. The topological polar surface area (TPSA) is 46.5 Å². The van der Waals surface area contributed by atoms with E-state index in [0.717, 1.165) is 54.1 Å². The first kappa shape index (κ1) is 17.7. The third-order valence-electron chi connectivity index (χ3n) is 5.28. The first-order valence-corrected chi connectivity index (χ1v) is 9.57. The Morgan fingerprint density at radius 2 is 1.88 bits per heavy atom. The molecule has 130 valence electrons. The molecular formula is C20H25BrO3. The first-order valence-electron chi connectivity index (χ1n) is 8.78. The van der Waals surface area contributed by atoms with Crippen LogP contribution in [0.25, 0.3) is 5.57 Å². The fourth-order valence-electron chi connectivity index (χ4n) is 4.02. The maximum Gasteiger partial charge on any atom is 0.198 e. The van der Waals surface area contributed by atoms with Crippen LogP contribution in [0.15, 0.2) is 28.4 Å². The van der Waals surface area contributed by atoms with E-state index in [1.165, 1.54) is 0 Å². The largest absolute Gasteiger partial charge is 0.508 e. The number of hydrogen-bond acceptors (Lipinski definition) is 3. The van der Waals surface area contributed by atoms with Gasteiger partial charge in [0.05, 0.1) is 5.57 Å². The predicted molar refractivity (Wildman–Crippen MR) is 99.1 cm³/mol. The molecular weight excluding hydrogens is 368 g/mol. The summed E-state index contributed by atoms with van der Waals surface area (Å²) in [5.74, 6) is 0.0109. The molecule has 1 aromatic carbocycles. The van der Waals surface area contributed by atoms with Gasteiger partial charge in [-0.3, -0.25) is 4.79 Å². The Balaban J connectivity index is 2.18. The van der Waals surface area contributed by atoms with Crippen molar-refractivity contribution in [3.05, 3.63) is 39.6 Å². The van der Waals surface area contributed by atoms with Crippen molar-refractivity contribution in [3.63, 3.8) is 0 Å².